The van der Waals surface area contributed by atoms with Gasteiger partial charge in [-0.05, 0) is 62.3 Å². The van der Waals surface area contributed by atoms with Gasteiger partial charge in [-0.25, -0.2) is 13.4 Å². The summed E-state index contributed by atoms with van der Waals surface area (Å²) in [6.45, 7) is 7.81. The lowest BCUT2D eigenvalue weighted by Crippen LogP contribution is -2.46. The lowest BCUT2D eigenvalue weighted by Gasteiger charge is -2.33. The van der Waals surface area contributed by atoms with E-state index < -0.39 is 10.0 Å². The van der Waals surface area contributed by atoms with E-state index in [0.29, 0.717) is 40.1 Å². The molecular weight excluding hydrogens is 539 g/mol. The summed E-state index contributed by atoms with van der Waals surface area (Å²) in [7, 11) is -3.63. The molecule has 1 saturated heterocycles. The van der Waals surface area contributed by atoms with Crippen molar-refractivity contribution in [3.05, 3.63) is 52.5 Å². The Balaban J connectivity index is 1.52. The van der Waals surface area contributed by atoms with Crippen molar-refractivity contribution < 1.29 is 13.2 Å². The summed E-state index contributed by atoms with van der Waals surface area (Å²) >= 11 is 13.7. The molecule has 0 N–H and O–H groups in total. The van der Waals surface area contributed by atoms with Crippen molar-refractivity contribution in [1.82, 2.24) is 14.2 Å². The van der Waals surface area contributed by atoms with Crippen LogP contribution in [0, 0.1) is 5.92 Å². The maximum atomic E-state index is 13.8. The van der Waals surface area contributed by atoms with E-state index in [9.17, 15) is 13.2 Å². The predicted octanol–water partition coefficient (Wildman–Crippen LogP) is 5.38. The zero-order valence-electron chi connectivity index (χ0n) is 20.4. The van der Waals surface area contributed by atoms with E-state index in [1.54, 1.807) is 23.1 Å². The summed E-state index contributed by atoms with van der Waals surface area (Å²) < 4.78 is 28.5. The number of anilines is 1. The van der Waals surface area contributed by atoms with Gasteiger partial charge in [0.25, 0.3) is 0 Å². The summed E-state index contributed by atoms with van der Waals surface area (Å²) in [5.41, 5.74) is 0.698. The number of likely N-dealkylation sites (N-methyl/N-ethyl adjacent to an activating group) is 1. The standard InChI is InChI=1S/C25H30Cl2N4O3S2/c1-3-29(4-2)16-17-31(25-28-23-21(27)6-5-7-22(23)35-25)24(32)18-12-14-30(15-13-18)36(33,34)20-10-8-19(26)9-11-20/h5-11,18H,3-4,12-17H2,1-2H3. The molecule has 0 spiro atoms. The molecule has 1 aliphatic rings. The van der Waals surface area contributed by atoms with Crippen LogP contribution in [0.1, 0.15) is 26.7 Å². The maximum Gasteiger partial charge on any atom is 0.243 e. The second-order valence-corrected chi connectivity index (χ2v) is 12.5. The monoisotopic (exact) mass is 568 g/mol. The Morgan fingerprint density at radius 2 is 1.72 bits per heavy atom. The topological polar surface area (TPSA) is 73.8 Å². The molecule has 0 radical (unpaired) electrons. The number of hydrogen-bond acceptors (Lipinski definition) is 6. The quantitative estimate of drug-likeness (QED) is 0.346. The molecule has 36 heavy (non-hydrogen) atoms. The molecule has 1 aliphatic heterocycles. The molecule has 3 aromatic rings. The number of hydrogen-bond donors (Lipinski definition) is 0. The normalized spacial score (nSPS) is 15.6. The number of nitrogens with zero attached hydrogens (tertiary/aromatic N) is 4. The average Bonchev–Trinajstić information content (AvgIpc) is 3.32. The minimum Gasteiger partial charge on any atom is -0.302 e. The molecule has 1 aromatic heterocycles. The van der Waals surface area contributed by atoms with E-state index in [2.05, 4.69) is 18.7 Å². The summed E-state index contributed by atoms with van der Waals surface area (Å²) in [4.78, 5) is 22.7. The summed E-state index contributed by atoms with van der Waals surface area (Å²) in [5.74, 6) is -0.290. The van der Waals surface area contributed by atoms with E-state index in [1.165, 1.54) is 27.8 Å². The molecule has 0 atom stereocenters. The van der Waals surface area contributed by atoms with E-state index in [0.717, 1.165) is 24.3 Å². The number of sulfonamides is 1. The van der Waals surface area contributed by atoms with Crippen molar-refractivity contribution in [2.45, 2.75) is 31.6 Å². The van der Waals surface area contributed by atoms with Gasteiger partial charge in [0, 0.05) is 37.1 Å². The molecule has 1 amide bonds. The highest BCUT2D eigenvalue weighted by atomic mass is 35.5. The Bertz CT molecular complexity index is 1300. The zero-order chi connectivity index (χ0) is 25.9. The summed E-state index contributed by atoms with van der Waals surface area (Å²) in [6, 6.07) is 11.8. The molecule has 0 aliphatic carbocycles. The van der Waals surface area contributed by atoms with Gasteiger partial charge < -0.3 is 4.90 Å². The van der Waals surface area contributed by atoms with Crippen molar-refractivity contribution in [1.29, 1.82) is 0 Å². The Kier molecular flexibility index (Phi) is 8.91. The van der Waals surface area contributed by atoms with Crippen molar-refractivity contribution in [2.75, 3.05) is 44.2 Å². The van der Waals surface area contributed by atoms with Crippen LogP contribution >= 0.6 is 34.5 Å². The molecule has 194 valence electrons. The molecule has 2 aromatic carbocycles. The van der Waals surface area contributed by atoms with Gasteiger partial charge >= 0.3 is 0 Å². The highest BCUT2D eigenvalue weighted by Crippen LogP contribution is 2.34. The minimum atomic E-state index is -3.63. The van der Waals surface area contributed by atoms with Gasteiger partial charge in [-0.1, -0.05) is 54.5 Å². The third-order valence-electron chi connectivity index (χ3n) is 6.64. The van der Waals surface area contributed by atoms with Crippen LogP contribution in [-0.2, 0) is 14.8 Å². The van der Waals surface area contributed by atoms with Crippen molar-refractivity contribution in [3.63, 3.8) is 0 Å². The van der Waals surface area contributed by atoms with Gasteiger partial charge in [0.2, 0.25) is 15.9 Å². The number of amides is 1. The van der Waals surface area contributed by atoms with Crippen LogP contribution in [0.5, 0.6) is 0 Å². The van der Waals surface area contributed by atoms with E-state index >= 15 is 0 Å². The fraction of sp³-hybridized carbons (Fsp3) is 0.440. The molecule has 0 saturated carbocycles. The van der Waals surface area contributed by atoms with Crippen LogP contribution in [0.25, 0.3) is 10.2 Å². The minimum absolute atomic E-state index is 0.0131. The average molecular weight is 570 g/mol. The number of aromatic nitrogens is 1. The number of rotatable bonds is 9. The van der Waals surface area contributed by atoms with Gasteiger partial charge in [0.15, 0.2) is 5.13 Å². The molecule has 4 rings (SSSR count). The molecule has 0 bridgehead atoms. The van der Waals surface area contributed by atoms with Crippen molar-refractivity contribution in [2.24, 2.45) is 5.92 Å². The lowest BCUT2D eigenvalue weighted by atomic mass is 9.96. The summed E-state index contributed by atoms with van der Waals surface area (Å²) in [6.07, 6.45) is 0.915. The SMILES string of the molecule is CCN(CC)CCN(C(=O)C1CCN(S(=O)(=O)c2ccc(Cl)cc2)CC1)c1nc2c(Cl)cccc2s1. The van der Waals surface area contributed by atoms with Crippen molar-refractivity contribution in [3.8, 4) is 0 Å². The van der Waals surface area contributed by atoms with Crippen LogP contribution in [0.2, 0.25) is 10.0 Å². The molecule has 11 heteroatoms. The number of thiazole rings is 1. The Labute approximate surface area is 226 Å². The molecule has 7 nitrogen and oxygen atoms in total. The number of halogens is 2. The number of carbonyl (C=O) groups is 1. The van der Waals surface area contributed by atoms with Gasteiger partial charge in [-0.2, -0.15) is 4.31 Å². The van der Waals surface area contributed by atoms with Crippen LogP contribution in [0.3, 0.4) is 0 Å². The molecule has 2 heterocycles. The fourth-order valence-corrected chi connectivity index (χ4v) is 7.31. The Morgan fingerprint density at radius 3 is 2.33 bits per heavy atom. The van der Waals surface area contributed by atoms with Crippen LogP contribution in [0.15, 0.2) is 47.4 Å². The van der Waals surface area contributed by atoms with Crippen LogP contribution < -0.4 is 4.90 Å². The highest BCUT2D eigenvalue weighted by molar-refractivity contribution is 7.89. The number of para-hydroxylation sites is 1. The van der Waals surface area contributed by atoms with Gasteiger partial charge in [0.05, 0.1) is 14.6 Å². The fourth-order valence-electron chi connectivity index (χ4n) is 4.42. The first-order valence-electron chi connectivity index (χ1n) is 12.1. The largest absolute Gasteiger partial charge is 0.302 e. The van der Waals surface area contributed by atoms with Crippen LogP contribution in [0.4, 0.5) is 5.13 Å². The third kappa shape index (κ3) is 5.87. The first-order chi connectivity index (χ1) is 17.2. The number of carbonyl (C=O) groups excluding carboxylic acids is 1. The van der Waals surface area contributed by atoms with Gasteiger partial charge in [-0.15, -0.1) is 0 Å². The highest BCUT2D eigenvalue weighted by Gasteiger charge is 2.35. The van der Waals surface area contributed by atoms with Crippen LogP contribution in [-0.4, -0.2) is 67.8 Å². The van der Waals surface area contributed by atoms with Crippen molar-refractivity contribution >= 4 is 65.8 Å². The Morgan fingerprint density at radius 1 is 1.06 bits per heavy atom. The first kappa shape index (κ1) is 27.3. The zero-order valence-corrected chi connectivity index (χ0v) is 23.5. The molecule has 1 fully saturated rings. The molecular formula is C25H30Cl2N4O3S2. The Hall–Kier alpha value is -1.75. The second-order valence-electron chi connectivity index (χ2n) is 8.73. The smallest absolute Gasteiger partial charge is 0.243 e. The van der Waals surface area contributed by atoms with E-state index in [1.807, 2.05) is 12.1 Å². The van der Waals surface area contributed by atoms with Gasteiger partial charge in [0.1, 0.15) is 5.52 Å². The molecule has 0 unspecified atom stereocenters. The maximum absolute atomic E-state index is 13.8. The number of fused-ring (bicyclic) bond motifs is 1. The summed E-state index contributed by atoms with van der Waals surface area (Å²) in [5, 5.41) is 1.68. The lowest BCUT2D eigenvalue weighted by molar-refractivity contribution is -0.123. The predicted molar refractivity (Wildman–Crippen MR) is 148 cm³/mol. The van der Waals surface area contributed by atoms with Gasteiger partial charge in [-0.3, -0.25) is 9.69 Å². The second kappa shape index (κ2) is 11.8. The first-order valence-corrected chi connectivity index (χ1v) is 15.1. The van der Waals surface area contributed by atoms with E-state index in [-0.39, 0.29) is 29.8 Å². The number of piperidine rings is 1. The van der Waals surface area contributed by atoms with E-state index in [4.69, 9.17) is 28.2 Å². The number of benzene rings is 2. The third-order valence-corrected chi connectivity index (χ3v) is 10.2.